The van der Waals surface area contributed by atoms with E-state index in [-0.39, 0.29) is 0 Å². The molecule has 1 aromatic rings. The molecule has 1 nitrogen and oxygen atoms in total. The van der Waals surface area contributed by atoms with E-state index in [1.807, 2.05) is 0 Å². The fourth-order valence-corrected chi connectivity index (χ4v) is 0.443. The van der Waals surface area contributed by atoms with Gasteiger partial charge in [0.15, 0.2) is 0 Å². The first-order valence-corrected chi connectivity index (χ1v) is 2.52. The molecule has 0 aliphatic rings. The average Bonchev–Trinajstić information content (AvgIpc) is 2.11. The van der Waals surface area contributed by atoms with Crippen LogP contribution >= 0.6 is 11.6 Å². The second-order valence-corrected chi connectivity index (χ2v) is 1.62. The van der Waals surface area contributed by atoms with E-state index < -0.39 is 41.0 Å². The minimum absolute atomic E-state index is 0.488. The molecule has 0 heterocycles. The second-order valence-electron chi connectivity index (χ2n) is 1.27. The van der Waals surface area contributed by atoms with Crippen LogP contribution in [-0.4, -0.2) is 5.24 Å². The van der Waals surface area contributed by atoms with Crippen LogP contribution in [0.5, 0.6) is 0 Å². The predicted octanol–water partition coefficient (Wildman–Crippen LogP) is 2.07. The second kappa shape index (κ2) is 2.65. The van der Waals surface area contributed by atoms with E-state index in [0.29, 0.717) is 0 Å². The topological polar surface area (TPSA) is 17.1 Å². The summed E-state index contributed by atoms with van der Waals surface area (Å²) in [5.41, 5.74) is -0.488. The van der Waals surface area contributed by atoms with Gasteiger partial charge in [0, 0.05) is 5.56 Å². The Hall–Kier alpha value is -0.820. The third-order valence-corrected chi connectivity index (χ3v) is 0.886. The van der Waals surface area contributed by atoms with Crippen molar-refractivity contribution >= 4 is 16.8 Å². The van der Waals surface area contributed by atoms with Crippen molar-refractivity contribution in [3.63, 3.8) is 0 Å². The van der Waals surface area contributed by atoms with Gasteiger partial charge in [0.2, 0.25) is 0 Å². The first-order valence-electron chi connectivity index (χ1n) is 4.64. The molecule has 0 saturated heterocycles. The minimum atomic E-state index is -1.05. The highest BCUT2D eigenvalue weighted by molar-refractivity contribution is 6.67. The quantitative estimate of drug-likeness (QED) is 0.562. The van der Waals surface area contributed by atoms with Crippen molar-refractivity contribution < 1.29 is 11.6 Å². The van der Waals surface area contributed by atoms with Gasteiger partial charge < -0.3 is 0 Å². The van der Waals surface area contributed by atoms with Crippen molar-refractivity contribution in [2.45, 2.75) is 0 Å². The zero-order valence-corrected chi connectivity index (χ0v) is 5.04. The fraction of sp³-hybridized carbons (Fsp3) is 0. The zero-order chi connectivity index (χ0) is 11.0. The normalized spacial score (nSPS) is 16.8. The minimum Gasteiger partial charge on any atom is -0.276 e. The lowest BCUT2D eigenvalue weighted by Crippen LogP contribution is -1.84. The summed E-state index contributed by atoms with van der Waals surface area (Å²) in [6.07, 6.45) is 0. The number of hydrogen-bond donors (Lipinski definition) is 0. The molecule has 0 aliphatic heterocycles. The summed E-state index contributed by atoms with van der Waals surface area (Å²) in [5.74, 6) is 0. The largest absolute Gasteiger partial charge is 0.276 e. The van der Waals surface area contributed by atoms with Gasteiger partial charge in [-0.05, 0) is 11.6 Å². The molecular formula is C7H5ClO. The van der Waals surface area contributed by atoms with Crippen molar-refractivity contribution in [2.75, 3.05) is 0 Å². The number of carbonyl (C=O) groups is 1. The summed E-state index contributed by atoms with van der Waals surface area (Å²) in [4.78, 5) is 10.8. The van der Waals surface area contributed by atoms with Gasteiger partial charge in [-0.3, -0.25) is 4.79 Å². The Kier molecular flexibility index (Phi) is 0.714. The molecule has 1 aromatic carbocycles. The summed E-state index contributed by atoms with van der Waals surface area (Å²) in [6.45, 7) is 0. The van der Waals surface area contributed by atoms with Crippen molar-refractivity contribution in [3.8, 4) is 0 Å². The third-order valence-electron chi connectivity index (χ3n) is 0.697. The molecule has 0 spiro atoms. The van der Waals surface area contributed by atoms with E-state index >= 15 is 0 Å². The maximum atomic E-state index is 10.8. The van der Waals surface area contributed by atoms with E-state index in [0.717, 1.165) is 0 Å². The lowest BCUT2D eigenvalue weighted by atomic mass is 11.0. The number of hydrogen-bond acceptors (Lipinski definition) is 1. The summed E-state index contributed by atoms with van der Waals surface area (Å²) in [6, 6.07) is -2.81. The van der Waals surface area contributed by atoms with Crippen LogP contribution in [0, 0.1) is 0 Å². The van der Waals surface area contributed by atoms with Crippen LogP contribution in [0.3, 0.4) is 0 Å². The lowest BCUT2D eigenvalue weighted by molar-refractivity contribution is 0.108. The molecule has 0 aliphatic carbocycles. The Labute approximate surface area is 65.3 Å². The van der Waals surface area contributed by atoms with Crippen molar-refractivity contribution in [2.24, 2.45) is 0 Å². The van der Waals surface area contributed by atoms with E-state index in [9.17, 15) is 4.79 Å². The van der Waals surface area contributed by atoms with Gasteiger partial charge >= 0.3 is 0 Å². The number of benzene rings is 1. The lowest BCUT2D eigenvalue weighted by Gasteiger charge is -1.87. The van der Waals surface area contributed by atoms with Crippen molar-refractivity contribution in [1.82, 2.24) is 0 Å². The maximum Gasteiger partial charge on any atom is 0.252 e. The van der Waals surface area contributed by atoms with Crippen LogP contribution in [0.4, 0.5) is 0 Å². The number of carbonyl (C=O) groups excluding carboxylic acids is 1. The van der Waals surface area contributed by atoms with Gasteiger partial charge in [0.05, 0.1) is 6.85 Å². The summed E-state index contributed by atoms with van der Waals surface area (Å²) >= 11 is 5.10. The third kappa shape index (κ3) is 1.54. The molecular weight excluding hydrogens is 141 g/mol. The standard InChI is InChI=1S/C7H5ClO/c8-7(9)6-4-2-1-3-5-6/h1-5H/i1+1D,2+1D,3+1D,4+1D,5+1D,6+1. The van der Waals surface area contributed by atoms with E-state index in [2.05, 4.69) is 0 Å². The Morgan fingerprint density at radius 1 is 1.44 bits per heavy atom. The van der Waals surface area contributed by atoms with Crippen LogP contribution in [-0.2, 0) is 0 Å². The monoisotopic (exact) mass is 151 g/mol. The van der Waals surface area contributed by atoms with Crippen LogP contribution in [0.2, 0.25) is 0 Å². The molecule has 0 atom stereocenters. The SMILES string of the molecule is [2H][13c]1[13c]([2H])[13c]([2H])[13c](C(=O)Cl)[13c]([2H])[13c]1[2H]. The highest BCUT2D eigenvalue weighted by Gasteiger charge is 1.95. The highest BCUT2D eigenvalue weighted by Crippen LogP contribution is 2.01. The summed E-state index contributed by atoms with van der Waals surface area (Å²) < 4.78 is 36.2. The van der Waals surface area contributed by atoms with Crippen molar-refractivity contribution in [1.29, 1.82) is 0 Å². The first kappa shape index (κ1) is 2.43. The molecule has 0 fully saturated rings. The van der Waals surface area contributed by atoms with E-state index in [4.69, 9.17) is 18.5 Å². The van der Waals surface area contributed by atoms with Crippen LogP contribution in [0.15, 0.2) is 30.2 Å². The molecule has 0 N–H and O–H groups in total. The average molecular weight is 152 g/mol. The Balaban J connectivity index is 3.68. The fourth-order valence-electron chi connectivity index (χ4n) is 0.348. The van der Waals surface area contributed by atoms with Crippen LogP contribution < -0.4 is 0 Å². The predicted molar refractivity (Wildman–Crippen MR) is 36.6 cm³/mol. The summed E-state index contributed by atoms with van der Waals surface area (Å²) in [5, 5.41) is -1.05. The van der Waals surface area contributed by atoms with Gasteiger partial charge in [-0.25, -0.2) is 0 Å². The molecule has 0 amide bonds. The van der Waals surface area contributed by atoms with Gasteiger partial charge in [-0.2, -0.15) is 0 Å². The molecule has 0 radical (unpaired) electrons. The molecule has 0 unspecified atom stereocenters. The molecule has 0 saturated carbocycles. The summed E-state index contributed by atoms with van der Waals surface area (Å²) in [7, 11) is 0. The van der Waals surface area contributed by atoms with Gasteiger partial charge in [0.25, 0.3) is 5.24 Å². The molecule has 0 aromatic heterocycles. The Morgan fingerprint density at radius 2 is 2.00 bits per heavy atom. The Morgan fingerprint density at radius 3 is 2.44 bits per heavy atom. The Bertz CT molecular complexity index is 388. The first-order chi connectivity index (χ1) is 6.37. The molecule has 2 heteroatoms. The van der Waals surface area contributed by atoms with Crippen LogP contribution in [0.1, 0.15) is 17.2 Å². The van der Waals surface area contributed by atoms with Gasteiger partial charge in [-0.1, -0.05) is 30.2 Å². The number of halogens is 1. The molecule has 46 valence electrons. The molecule has 1 rings (SSSR count). The molecule has 0 bridgehead atoms. The molecule has 9 heavy (non-hydrogen) atoms. The zero-order valence-electron chi connectivity index (χ0n) is 9.29. The van der Waals surface area contributed by atoms with Gasteiger partial charge in [-0.15, -0.1) is 0 Å². The smallest absolute Gasteiger partial charge is 0.252 e. The van der Waals surface area contributed by atoms with Crippen LogP contribution in [0.25, 0.3) is 0 Å². The van der Waals surface area contributed by atoms with Gasteiger partial charge in [0.1, 0.15) is 0 Å². The number of rotatable bonds is 1. The maximum absolute atomic E-state index is 10.8. The van der Waals surface area contributed by atoms with E-state index in [1.54, 1.807) is 0 Å². The van der Waals surface area contributed by atoms with Crippen molar-refractivity contribution in [3.05, 3.63) is 35.8 Å². The highest BCUT2D eigenvalue weighted by atomic mass is 35.5. The van der Waals surface area contributed by atoms with E-state index in [1.165, 1.54) is 0 Å².